The lowest BCUT2D eigenvalue weighted by atomic mass is 10.5. The summed E-state index contributed by atoms with van der Waals surface area (Å²) >= 11 is 3.03. The minimum absolute atomic E-state index is 0.0290. The zero-order valence-corrected chi connectivity index (χ0v) is 13.5. The molecule has 0 N–H and O–H groups in total. The molecular formula is C10H15BrN4O4S. The lowest BCUT2D eigenvalue weighted by molar-refractivity contribution is -0.143. The van der Waals surface area contributed by atoms with Crippen molar-refractivity contribution in [2.24, 2.45) is 7.05 Å². The minimum atomic E-state index is -3.94. The first kappa shape index (κ1) is 16.8. The van der Waals surface area contributed by atoms with Crippen LogP contribution in [0.5, 0.6) is 0 Å². The van der Waals surface area contributed by atoms with Gasteiger partial charge in [-0.25, -0.2) is 13.1 Å². The van der Waals surface area contributed by atoms with Crippen LogP contribution in [-0.4, -0.2) is 53.4 Å². The summed E-state index contributed by atoms with van der Waals surface area (Å²) in [6, 6.07) is 0. The van der Waals surface area contributed by atoms with Gasteiger partial charge in [-0.1, -0.05) is 11.3 Å². The Balaban J connectivity index is 3.13. The molecule has 1 aromatic rings. The van der Waals surface area contributed by atoms with Gasteiger partial charge in [0.2, 0.25) is 5.03 Å². The number of carbonyl (C=O) groups is 1. The molecule has 0 saturated heterocycles. The summed E-state index contributed by atoms with van der Waals surface area (Å²) in [5.74, 6) is -0.635. The highest BCUT2D eigenvalue weighted by Gasteiger charge is 2.32. The van der Waals surface area contributed by atoms with Crippen LogP contribution in [0.25, 0.3) is 0 Å². The van der Waals surface area contributed by atoms with E-state index in [1.807, 2.05) is 0 Å². The number of ether oxygens (including phenoxy) is 1. The lowest BCUT2D eigenvalue weighted by Gasteiger charge is -2.19. The summed E-state index contributed by atoms with van der Waals surface area (Å²) in [5, 5.41) is 7.10. The maximum atomic E-state index is 12.5. The predicted molar refractivity (Wildman–Crippen MR) is 74.3 cm³/mol. The Morgan fingerprint density at radius 2 is 2.25 bits per heavy atom. The third kappa shape index (κ3) is 3.64. The van der Waals surface area contributed by atoms with Gasteiger partial charge in [0.15, 0.2) is 4.60 Å². The number of aromatic nitrogens is 3. The van der Waals surface area contributed by atoms with Crippen LogP contribution < -0.4 is 0 Å². The number of sulfonamides is 1. The zero-order valence-electron chi connectivity index (χ0n) is 11.1. The zero-order chi connectivity index (χ0) is 15.3. The quantitative estimate of drug-likeness (QED) is 0.509. The molecule has 0 bridgehead atoms. The van der Waals surface area contributed by atoms with E-state index in [2.05, 4.69) is 32.8 Å². The summed E-state index contributed by atoms with van der Waals surface area (Å²) in [6.07, 6.45) is 1.38. The highest BCUT2D eigenvalue weighted by Crippen LogP contribution is 2.22. The Hall–Kier alpha value is -1.26. The van der Waals surface area contributed by atoms with Crippen molar-refractivity contribution < 1.29 is 17.9 Å². The third-order valence-corrected chi connectivity index (χ3v) is 4.97. The second kappa shape index (κ2) is 6.95. The maximum absolute atomic E-state index is 12.5. The fourth-order valence-corrected chi connectivity index (χ4v) is 3.85. The molecule has 0 aromatic carbocycles. The number of nitrogens with zero attached hydrogens (tertiary/aromatic N) is 4. The van der Waals surface area contributed by atoms with E-state index in [1.54, 1.807) is 6.92 Å². The minimum Gasteiger partial charge on any atom is -0.465 e. The highest BCUT2D eigenvalue weighted by atomic mass is 79.9. The average molecular weight is 367 g/mol. The monoisotopic (exact) mass is 366 g/mol. The van der Waals surface area contributed by atoms with Gasteiger partial charge in [0.25, 0.3) is 10.0 Å². The summed E-state index contributed by atoms with van der Waals surface area (Å²) in [5.41, 5.74) is 0. The lowest BCUT2D eigenvalue weighted by Crippen LogP contribution is -2.37. The van der Waals surface area contributed by atoms with Crippen LogP contribution in [0.3, 0.4) is 0 Å². The molecule has 8 nitrogen and oxygen atoms in total. The standard InChI is InChI=1S/C10H15BrN4O4S/c1-4-6-15(7-8(16)19-5-2)20(17,18)10-9(11)12-13-14(10)3/h4H,1,5-7H2,2-3H3. The summed E-state index contributed by atoms with van der Waals surface area (Å²) in [7, 11) is -2.50. The number of aryl methyl sites for hydroxylation is 1. The number of rotatable bonds is 7. The first-order chi connectivity index (χ1) is 9.34. The number of hydrogen-bond donors (Lipinski definition) is 0. The molecule has 112 valence electrons. The van der Waals surface area contributed by atoms with Crippen molar-refractivity contribution in [1.29, 1.82) is 0 Å². The number of carbonyl (C=O) groups excluding carboxylic acids is 1. The van der Waals surface area contributed by atoms with E-state index in [1.165, 1.54) is 13.1 Å². The normalized spacial score (nSPS) is 11.6. The predicted octanol–water partition coefficient (Wildman–Crippen LogP) is 0.317. The van der Waals surface area contributed by atoms with E-state index >= 15 is 0 Å². The molecule has 0 fully saturated rings. The highest BCUT2D eigenvalue weighted by molar-refractivity contribution is 9.10. The molecule has 0 unspecified atom stereocenters. The maximum Gasteiger partial charge on any atom is 0.321 e. The second-order valence-corrected chi connectivity index (χ2v) is 6.30. The fraction of sp³-hybridized carbons (Fsp3) is 0.500. The van der Waals surface area contributed by atoms with E-state index in [4.69, 9.17) is 4.74 Å². The Kier molecular flexibility index (Phi) is 5.84. The summed E-state index contributed by atoms with van der Waals surface area (Å²) < 4.78 is 31.9. The van der Waals surface area contributed by atoms with Gasteiger partial charge in [0.1, 0.15) is 6.54 Å². The van der Waals surface area contributed by atoms with Gasteiger partial charge in [-0.05, 0) is 22.9 Å². The van der Waals surface area contributed by atoms with Crippen LogP contribution in [0.1, 0.15) is 6.92 Å². The van der Waals surface area contributed by atoms with Gasteiger partial charge in [-0.3, -0.25) is 4.79 Å². The SMILES string of the molecule is C=CCN(CC(=O)OCC)S(=O)(=O)c1c(Br)nnn1C. The molecule has 0 aliphatic carbocycles. The molecule has 0 aliphatic heterocycles. The molecule has 10 heteroatoms. The van der Waals surface area contributed by atoms with Crippen LogP contribution >= 0.6 is 15.9 Å². The van der Waals surface area contributed by atoms with Gasteiger partial charge in [-0.2, -0.15) is 4.31 Å². The summed E-state index contributed by atoms with van der Waals surface area (Å²) in [6.45, 7) is 4.88. The first-order valence-electron chi connectivity index (χ1n) is 5.66. The van der Waals surface area contributed by atoms with Gasteiger partial charge in [0, 0.05) is 13.6 Å². The summed E-state index contributed by atoms with van der Waals surface area (Å²) in [4.78, 5) is 11.5. The fourth-order valence-electron chi connectivity index (χ4n) is 1.46. The molecule has 20 heavy (non-hydrogen) atoms. The van der Waals surface area contributed by atoms with E-state index in [0.29, 0.717) is 0 Å². The Labute approximate surface area is 125 Å². The van der Waals surface area contributed by atoms with Crippen LogP contribution in [-0.2, 0) is 26.6 Å². The average Bonchev–Trinajstić information content (AvgIpc) is 2.69. The molecule has 0 amide bonds. The number of halogens is 1. The van der Waals surface area contributed by atoms with Gasteiger partial charge in [0.05, 0.1) is 6.61 Å². The Morgan fingerprint density at radius 1 is 1.60 bits per heavy atom. The van der Waals surface area contributed by atoms with E-state index in [9.17, 15) is 13.2 Å². The van der Waals surface area contributed by atoms with Crippen molar-refractivity contribution in [2.75, 3.05) is 19.7 Å². The molecule has 1 aromatic heterocycles. The van der Waals surface area contributed by atoms with Gasteiger partial charge >= 0.3 is 5.97 Å². The molecule has 1 heterocycles. The molecule has 0 radical (unpaired) electrons. The van der Waals surface area contributed by atoms with Gasteiger partial charge < -0.3 is 4.74 Å². The van der Waals surface area contributed by atoms with Crippen molar-refractivity contribution in [3.8, 4) is 0 Å². The van der Waals surface area contributed by atoms with Crippen molar-refractivity contribution in [3.05, 3.63) is 17.3 Å². The van der Waals surface area contributed by atoms with Crippen LogP contribution in [0.2, 0.25) is 0 Å². The van der Waals surface area contributed by atoms with Crippen molar-refractivity contribution in [1.82, 2.24) is 19.3 Å². The van der Waals surface area contributed by atoms with E-state index < -0.39 is 22.5 Å². The van der Waals surface area contributed by atoms with Crippen molar-refractivity contribution >= 4 is 31.9 Å². The largest absolute Gasteiger partial charge is 0.465 e. The van der Waals surface area contributed by atoms with Crippen LogP contribution in [0, 0.1) is 0 Å². The smallest absolute Gasteiger partial charge is 0.321 e. The molecular weight excluding hydrogens is 352 g/mol. The number of esters is 1. The van der Waals surface area contributed by atoms with Crippen LogP contribution in [0.4, 0.5) is 0 Å². The topological polar surface area (TPSA) is 94.4 Å². The molecule has 0 spiro atoms. The molecule has 0 atom stereocenters. The molecule has 0 saturated carbocycles. The molecule has 1 rings (SSSR count). The van der Waals surface area contributed by atoms with Crippen LogP contribution in [0.15, 0.2) is 22.3 Å². The third-order valence-electron chi connectivity index (χ3n) is 2.26. The van der Waals surface area contributed by atoms with Gasteiger partial charge in [-0.15, -0.1) is 11.7 Å². The Bertz CT molecular complexity index is 579. The molecule has 0 aliphatic rings. The van der Waals surface area contributed by atoms with E-state index in [0.717, 1.165) is 8.99 Å². The van der Waals surface area contributed by atoms with E-state index in [-0.39, 0.29) is 22.8 Å². The first-order valence-corrected chi connectivity index (χ1v) is 7.89. The van der Waals surface area contributed by atoms with Crippen molar-refractivity contribution in [3.63, 3.8) is 0 Å². The Morgan fingerprint density at radius 3 is 2.70 bits per heavy atom. The number of hydrogen-bond acceptors (Lipinski definition) is 6. The van der Waals surface area contributed by atoms with Crippen molar-refractivity contribution in [2.45, 2.75) is 11.9 Å². The second-order valence-electron chi connectivity index (χ2n) is 3.70.